The van der Waals surface area contributed by atoms with Crippen molar-refractivity contribution >= 4 is 11.9 Å². The van der Waals surface area contributed by atoms with Gasteiger partial charge in [0.25, 0.3) is 0 Å². The first kappa shape index (κ1) is 18.8. The highest BCUT2D eigenvalue weighted by Crippen LogP contribution is 2.16. The van der Waals surface area contributed by atoms with E-state index in [-0.39, 0.29) is 25.9 Å². The summed E-state index contributed by atoms with van der Waals surface area (Å²) in [5, 5.41) is 29.3. The van der Waals surface area contributed by atoms with Crippen molar-refractivity contribution in [2.75, 3.05) is 34.3 Å². The maximum atomic E-state index is 11.7. The van der Waals surface area contributed by atoms with E-state index in [1.54, 1.807) is 0 Å². The van der Waals surface area contributed by atoms with Crippen molar-refractivity contribution in [3.63, 3.8) is 0 Å². The number of nitrogens with zero attached hydrogens (tertiary/aromatic N) is 1. The Morgan fingerprint density at radius 1 is 1.35 bits per heavy atom. The van der Waals surface area contributed by atoms with Crippen molar-refractivity contribution < 1.29 is 34.1 Å². The second-order valence-corrected chi connectivity index (χ2v) is 6.31. The van der Waals surface area contributed by atoms with E-state index in [9.17, 15) is 19.8 Å². The van der Waals surface area contributed by atoms with Crippen LogP contribution in [-0.2, 0) is 14.3 Å². The number of quaternary nitrogens is 1. The fourth-order valence-corrected chi connectivity index (χ4v) is 1.81. The summed E-state index contributed by atoms with van der Waals surface area (Å²) in [5.41, 5.74) is -1.37. The van der Waals surface area contributed by atoms with Crippen molar-refractivity contribution in [3.8, 4) is 0 Å². The Kier molecular flexibility index (Phi) is 7.12. The molecule has 0 spiro atoms. The molecule has 0 heterocycles. The maximum Gasteiger partial charge on any atom is 0.309 e. The lowest BCUT2D eigenvalue weighted by molar-refractivity contribution is -0.873. The highest BCUT2D eigenvalue weighted by molar-refractivity contribution is 5.72. The van der Waals surface area contributed by atoms with Gasteiger partial charge in [-0.05, 0) is 13.3 Å². The van der Waals surface area contributed by atoms with Crippen LogP contribution in [-0.4, -0.2) is 72.6 Å². The topological polar surface area (TPSA) is 107 Å². The van der Waals surface area contributed by atoms with Gasteiger partial charge >= 0.3 is 5.97 Å². The van der Waals surface area contributed by atoms with E-state index >= 15 is 0 Å². The largest absolute Gasteiger partial charge is 0.550 e. The van der Waals surface area contributed by atoms with E-state index in [0.29, 0.717) is 11.0 Å². The minimum absolute atomic E-state index is 0.0442. The number of carbonyl (C=O) groups is 2. The molecule has 0 radical (unpaired) electrons. The fraction of sp³-hybridized carbons (Fsp3) is 0.846. The Labute approximate surface area is 119 Å². The number of hydrogen-bond donors (Lipinski definition) is 2. The van der Waals surface area contributed by atoms with Crippen LogP contribution in [0.5, 0.6) is 0 Å². The van der Waals surface area contributed by atoms with Crippen LogP contribution in [0, 0.1) is 0 Å². The summed E-state index contributed by atoms with van der Waals surface area (Å²) in [6.07, 6.45) is -1.45. The van der Waals surface area contributed by atoms with Crippen LogP contribution in [0.4, 0.5) is 0 Å². The van der Waals surface area contributed by atoms with E-state index in [4.69, 9.17) is 9.84 Å². The summed E-state index contributed by atoms with van der Waals surface area (Å²) in [4.78, 5) is 22.4. The van der Waals surface area contributed by atoms with Gasteiger partial charge in [-0.15, -0.1) is 0 Å². The molecule has 0 aliphatic heterocycles. The van der Waals surface area contributed by atoms with Crippen LogP contribution in [0.3, 0.4) is 0 Å². The van der Waals surface area contributed by atoms with Crippen LogP contribution < -0.4 is 5.11 Å². The zero-order chi connectivity index (χ0) is 16.0. The minimum Gasteiger partial charge on any atom is -0.550 e. The lowest BCUT2D eigenvalue weighted by atomic mass is 9.99. The molecule has 0 rings (SSSR count). The summed E-state index contributed by atoms with van der Waals surface area (Å²) >= 11 is 0. The first-order valence-corrected chi connectivity index (χ1v) is 6.48. The van der Waals surface area contributed by atoms with E-state index in [0.717, 1.165) is 0 Å². The van der Waals surface area contributed by atoms with E-state index < -0.39 is 23.6 Å². The third-order valence-electron chi connectivity index (χ3n) is 2.62. The summed E-state index contributed by atoms with van der Waals surface area (Å²) in [5.74, 6) is -1.98. The first-order chi connectivity index (χ1) is 8.95. The molecule has 2 atom stereocenters. The molecule has 0 aromatic carbocycles. The van der Waals surface area contributed by atoms with E-state index in [1.807, 2.05) is 21.1 Å². The number of rotatable bonds is 9. The molecular weight excluding hydrogens is 266 g/mol. The second kappa shape index (κ2) is 7.56. The average molecular weight is 291 g/mol. The Morgan fingerprint density at radius 3 is 2.30 bits per heavy atom. The SMILES string of the molecule is CC(O)(CCO)CC(=O)O[C@H](CC(=O)[O-])C[N+](C)(C)C. The molecule has 0 saturated carbocycles. The predicted molar refractivity (Wildman–Crippen MR) is 69.3 cm³/mol. The van der Waals surface area contributed by atoms with Crippen molar-refractivity contribution in [1.29, 1.82) is 0 Å². The number of ether oxygens (including phenoxy) is 1. The van der Waals surface area contributed by atoms with Crippen molar-refractivity contribution in [2.45, 2.75) is 37.9 Å². The van der Waals surface area contributed by atoms with Gasteiger partial charge in [0.2, 0.25) is 0 Å². The monoisotopic (exact) mass is 291 g/mol. The van der Waals surface area contributed by atoms with Crippen molar-refractivity contribution in [3.05, 3.63) is 0 Å². The molecule has 20 heavy (non-hydrogen) atoms. The molecule has 1 unspecified atom stereocenters. The van der Waals surface area contributed by atoms with Gasteiger partial charge in [0.05, 0.1) is 33.2 Å². The van der Waals surface area contributed by atoms with Gasteiger partial charge in [0.15, 0.2) is 6.10 Å². The predicted octanol–water partition coefficient (Wildman–Crippen LogP) is -1.73. The Balaban J connectivity index is 4.57. The number of carbonyl (C=O) groups excluding carboxylic acids is 2. The molecule has 0 saturated heterocycles. The van der Waals surface area contributed by atoms with Crippen LogP contribution in [0.25, 0.3) is 0 Å². The molecule has 7 heteroatoms. The van der Waals surface area contributed by atoms with E-state index in [2.05, 4.69) is 0 Å². The number of aliphatic hydroxyl groups excluding tert-OH is 1. The molecule has 0 bridgehead atoms. The maximum absolute atomic E-state index is 11.7. The minimum atomic E-state index is -1.37. The van der Waals surface area contributed by atoms with Gasteiger partial charge in [-0.25, -0.2) is 0 Å². The first-order valence-electron chi connectivity index (χ1n) is 6.48. The fourth-order valence-electron chi connectivity index (χ4n) is 1.81. The smallest absolute Gasteiger partial charge is 0.309 e. The van der Waals surface area contributed by atoms with Gasteiger partial charge in [-0.3, -0.25) is 4.79 Å². The van der Waals surface area contributed by atoms with Gasteiger partial charge in [0.1, 0.15) is 6.54 Å². The quantitative estimate of drug-likeness (QED) is 0.386. The number of hydrogen-bond acceptors (Lipinski definition) is 6. The van der Waals surface area contributed by atoms with E-state index in [1.165, 1.54) is 6.92 Å². The van der Waals surface area contributed by atoms with Crippen LogP contribution in [0.2, 0.25) is 0 Å². The number of esters is 1. The molecule has 7 nitrogen and oxygen atoms in total. The van der Waals surface area contributed by atoms with Gasteiger partial charge < -0.3 is 29.3 Å². The summed E-state index contributed by atoms with van der Waals surface area (Å²) in [7, 11) is 5.54. The molecule has 118 valence electrons. The number of carboxylic acids is 1. The zero-order valence-corrected chi connectivity index (χ0v) is 12.6. The van der Waals surface area contributed by atoms with Gasteiger partial charge in [-0.2, -0.15) is 0 Å². The molecule has 2 N–H and O–H groups in total. The van der Waals surface area contributed by atoms with Crippen molar-refractivity contribution in [2.24, 2.45) is 0 Å². The van der Waals surface area contributed by atoms with Gasteiger partial charge in [-0.1, -0.05) is 0 Å². The number of aliphatic hydroxyl groups is 2. The number of aliphatic carboxylic acids is 1. The molecular formula is C13H25NO6. The van der Waals surface area contributed by atoms with Gasteiger partial charge in [0, 0.05) is 19.0 Å². The van der Waals surface area contributed by atoms with Crippen LogP contribution >= 0.6 is 0 Å². The lowest BCUT2D eigenvalue weighted by Gasteiger charge is -2.30. The Morgan fingerprint density at radius 2 is 1.90 bits per heavy atom. The zero-order valence-electron chi connectivity index (χ0n) is 12.6. The molecule has 0 amide bonds. The Hall–Kier alpha value is -1.18. The highest BCUT2D eigenvalue weighted by Gasteiger charge is 2.28. The number of likely N-dealkylation sites (N-methyl/N-ethyl adjacent to an activating group) is 1. The molecule has 0 aliphatic carbocycles. The van der Waals surface area contributed by atoms with Crippen LogP contribution in [0.1, 0.15) is 26.2 Å². The summed E-state index contributed by atoms with van der Waals surface area (Å²) < 4.78 is 5.53. The van der Waals surface area contributed by atoms with Crippen LogP contribution in [0.15, 0.2) is 0 Å². The molecule has 0 aromatic rings. The molecule has 0 aliphatic rings. The third-order valence-corrected chi connectivity index (χ3v) is 2.62. The lowest BCUT2D eigenvalue weighted by Crippen LogP contribution is -2.45. The van der Waals surface area contributed by atoms with Crippen molar-refractivity contribution in [1.82, 2.24) is 0 Å². The standard InChI is InChI=1S/C13H25NO6/c1-13(19,5-6-15)8-12(18)20-10(7-11(16)17)9-14(2,3)4/h10,15,19H,5-9H2,1-4H3/t10-,13?/m1/s1. The number of carboxylic acid groups (broad SMARTS) is 1. The third kappa shape index (κ3) is 9.71. The average Bonchev–Trinajstić information content (AvgIpc) is 2.10. The summed E-state index contributed by atoms with van der Waals surface area (Å²) in [6.45, 7) is 1.49. The molecule has 0 fully saturated rings. The highest BCUT2D eigenvalue weighted by atomic mass is 16.5. The normalized spacial score (nSPS) is 16.3. The second-order valence-electron chi connectivity index (χ2n) is 6.31. The Bertz CT molecular complexity index is 334. The molecule has 0 aromatic heterocycles. The summed E-state index contributed by atoms with van der Waals surface area (Å²) in [6, 6.07) is 0.